The summed E-state index contributed by atoms with van der Waals surface area (Å²) in [7, 11) is 0. The fourth-order valence-electron chi connectivity index (χ4n) is 0.753. The van der Waals surface area contributed by atoms with Gasteiger partial charge in [0.25, 0.3) is 0 Å². The normalized spacial score (nSPS) is 12.5. The average Bonchev–Trinajstić information content (AvgIpc) is 2.05. The summed E-state index contributed by atoms with van der Waals surface area (Å²) in [6.45, 7) is 0. The third kappa shape index (κ3) is 2.45. The smallest absolute Gasteiger partial charge is 0.238 e. The summed E-state index contributed by atoms with van der Waals surface area (Å²) in [5.41, 5.74) is 0.952. The van der Waals surface area contributed by atoms with Crippen LogP contribution in [0.4, 0.5) is 0 Å². The molecule has 1 atom stereocenters. The van der Waals surface area contributed by atoms with Crippen molar-refractivity contribution in [2.75, 3.05) is 0 Å². The van der Waals surface area contributed by atoms with Crippen LogP contribution in [0.15, 0.2) is 30.3 Å². The lowest BCUT2D eigenvalue weighted by atomic mass is 10.2. The molecule has 0 aliphatic carbocycles. The molecule has 1 unspecified atom stereocenters. The average molecular weight is 280 g/mol. The predicted octanol–water partition coefficient (Wildman–Crippen LogP) is 2.93. The Morgan fingerprint density at radius 3 is 2.36 bits per heavy atom. The maximum atomic E-state index is 10.7. The maximum absolute atomic E-state index is 10.7. The molecule has 1 rings (SSSR count). The second-order valence-electron chi connectivity index (χ2n) is 2.08. The topological polar surface area (TPSA) is 17.1 Å². The van der Waals surface area contributed by atoms with Crippen molar-refractivity contribution in [3.8, 4) is 0 Å². The van der Waals surface area contributed by atoms with Crippen LogP contribution in [-0.2, 0) is 4.79 Å². The van der Waals surface area contributed by atoms with E-state index in [0.29, 0.717) is 0 Å². The SMILES string of the molecule is O=C(Cl)C(I)c1ccccc1. The zero-order chi connectivity index (χ0) is 8.27. The number of rotatable bonds is 2. The van der Waals surface area contributed by atoms with Crippen LogP contribution < -0.4 is 0 Å². The summed E-state index contributed by atoms with van der Waals surface area (Å²) in [4.78, 5) is 10.7. The van der Waals surface area contributed by atoms with Gasteiger partial charge in [0.05, 0.1) is 0 Å². The molecule has 0 fully saturated rings. The van der Waals surface area contributed by atoms with Gasteiger partial charge in [0.1, 0.15) is 3.92 Å². The van der Waals surface area contributed by atoms with E-state index in [4.69, 9.17) is 11.6 Å². The molecule has 0 N–H and O–H groups in total. The molecule has 0 saturated heterocycles. The third-order valence-corrected chi connectivity index (χ3v) is 3.16. The first-order chi connectivity index (χ1) is 5.22. The Balaban J connectivity index is 2.85. The first kappa shape index (κ1) is 9.00. The number of carbonyl (C=O) groups excluding carboxylic acids is 1. The van der Waals surface area contributed by atoms with E-state index in [9.17, 15) is 4.79 Å². The second kappa shape index (κ2) is 4.07. The lowest BCUT2D eigenvalue weighted by molar-refractivity contribution is -0.111. The predicted molar refractivity (Wildman–Crippen MR) is 54.1 cm³/mol. The highest BCUT2D eigenvalue weighted by Gasteiger charge is 2.12. The second-order valence-corrected chi connectivity index (χ2v) is 3.70. The first-order valence-electron chi connectivity index (χ1n) is 3.10. The van der Waals surface area contributed by atoms with Gasteiger partial charge in [-0.15, -0.1) is 0 Å². The Morgan fingerprint density at radius 2 is 1.91 bits per heavy atom. The fourth-order valence-corrected chi connectivity index (χ4v) is 1.29. The summed E-state index contributed by atoms with van der Waals surface area (Å²) in [6, 6.07) is 9.46. The molecular formula is C8H6ClIO. The Labute approximate surface area is 83.9 Å². The van der Waals surface area contributed by atoms with Crippen LogP contribution in [-0.4, -0.2) is 5.24 Å². The third-order valence-electron chi connectivity index (χ3n) is 1.29. The monoisotopic (exact) mass is 280 g/mol. The summed E-state index contributed by atoms with van der Waals surface area (Å²) in [5.74, 6) is 0. The van der Waals surface area contributed by atoms with E-state index in [1.165, 1.54) is 0 Å². The van der Waals surface area contributed by atoms with Crippen molar-refractivity contribution in [2.45, 2.75) is 3.92 Å². The van der Waals surface area contributed by atoms with E-state index >= 15 is 0 Å². The number of halogens is 2. The molecule has 1 nitrogen and oxygen atoms in total. The molecule has 11 heavy (non-hydrogen) atoms. The molecule has 0 aliphatic heterocycles. The van der Waals surface area contributed by atoms with Crippen molar-refractivity contribution < 1.29 is 4.79 Å². The molecular weight excluding hydrogens is 274 g/mol. The molecule has 0 radical (unpaired) electrons. The minimum absolute atomic E-state index is 0.226. The molecule has 0 bridgehead atoms. The van der Waals surface area contributed by atoms with Crippen LogP contribution in [0.3, 0.4) is 0 Å². The van der Waals surface area contributed by atoms with E-state index in [1.807, 2.05) is 52.9 Å². The van der Waals surface area contributed by atoms with Gasteiger partial charge in [0.2, 0.25) is 5.24 Å². The fraction of sp³-hybridized carbons (Fsp3) is 0.125. The van der Waals surface area contributed by atoms with E-state index in [0.717, 1.165) is 5.56 Å². The Kier molecular flexibility index (Phi) is 3.33. The van der Waals surface area contributed by atoms with Crippen molar-refractivity contribution in [2.24, 2.45) is 0 Å². The molecule has 1 aromatic carbocycles. The van der Waals surface area contributed by atoms with Gasteiger partial charge in [-0.2, -0.15) is 0 Å². The molecule has 58 valence electrons. The molecule has 1 aromatic rings. The standard InChI is InChI=1S/C8H6ClIO/c9-8(11)7(10)6-4-2-1-3-5-6/h1-5,7H. The minimum atomic E-state index is -0.322. The van der Waals surface area contributed by atoms with Crippen LogP contribution >= 0.6 is 34.2 Å². The Morgan fingerprint density at radius 1 is 1.36 bits per heavy atom. The maximum Gasteiger partial charge on any atom is 0.238 e. The van der Waals surface area contributed by atoms with Crippen molar-refractivity contribution in [1.29, 1.82) is 0 Å². The molecule has 0 aliphatic rings. The zero-order valence-corrected chi connectivity index (χ0v) is 8.54. The van der Waals surface area contributed by atoms with Gasteiger partial charge in [-0.05, 0) is 17.2 Å². The van der Waals surface area contributed by atoms with Crippen LogP contribution in [0.1, 0.15) is 9.49 Å². The van der Waals surface area contributed by atoms with E-state index in [1.54, 1.807) is 0 Å². The Bertz CT molecular complexity index is 248. The van der Waals surface area contributed by atoms with Crippen LogP contribution in [0.2, 0.25) is 0 Å². The largest absolute Gasteiger partial charge is 0.280 e. The highest BCUT2D eigenvalue weighted by Crippen LogP contribution is 2.24. The number of alkyl halides is 1. The molecule has 0 amide bonds. The van der Waals surface area contributed by atoms with Crippen molar-refractivity contribution in [3.63, 3.8) is 0 Å². The minimum Gasteiger partial charge on any atom is -0.280 e. The summed E-state index contributed by atoms with van der Waals surface area (Å²) < 4.78 is -0.226. The summed E-state index contributed by atoms with van der Waals surface area (Å²) >= 11 is 7.33. The zero-order valence-electron chi connectivity index (χ0n) is 5.63. The van der Waals surface area contributed by atoms with Gasteiger partial charge in [-0.1, -0.05) is 52.9 Å². The molecule has 0 aromatic heterocycles. The number of carbonyl (C=O) groups is 1. The first-order valence-corrected chi connectivity index (χ1v) is 4.72. The molecule has 0 spiro atoms. The van der Waals surface area contributed by atoms with Gasteiger partial charge in [-0.3, -0.25) is 4.79 Å². The number of benzene rings is 1. The number of hydrogen-bond donors (Lipinski definition) is 0. The van der Waals surface area contributed by atoms with Crippen LogP contribution in [0, 0.1) is 0 Å². The van der Waals surface area contributed by atoms with Crippen LogP contribution in [0.25, 0.3) is 0 Å². The highest BCUT2D eigenvalue weighted by molar-refractivity contribution is 14.1. The lowest BCUT2D eigenvalue weighted by Gasteiger charge is -2.02. The summed E-state index contributed by atoms with van der Waals surface area (Å²) in [5, 5.41) is -0.322. The van der Waals surface area contributed by atoms with Gasteiger partial charge in [-0.25, -0.2) is 0 Å². The van der Waals surface area contributed by atoms with Crippen molar-refractivity contribution >= 4 is 39.4 Å². The van der Waals surface area contributed by atoms with Crippen LogP contribution in [0.5, 0.6) is 0 Å². The van der Waals surface area contributed by atoms with Gasteiger partial charge >= 0.3 is 0 Å². The highest BCUT2D eigenvalue weighted by atomic mass is 127. The van der Waals surface area contributed by atoms with E-state index in [2.05, 4.69) is 0 Å². The molecule has 0 heterocycles. The van der Waals surface area contributed by atoms with E-state index < -0.39 is 0 Å². The van der Waals surface area contributed by atoms with Gasteiger partial charge in [0.15, 0.2) is 0 Å². The summed E-state index contributed by atoms with van der Waals surface area (Å²) in [6.07, 6.45) is 0. The van der Waals surface area contributed by atoms with Gasteiger partial charge < -0.3 is 0 Å². The van der Waals surface area contributed by atoms with E-state index in [-0.39, 0.29) is 9.17 Å². The van der Waals surface area contributed by atoms with Gasteiger partial charge in [0, 0.05) is 0 Å². The molecule has 0 saturated carbocycles. The Hall–Kier alpha value is -0.0900. The quantitative estimate of drug-likeness (QED) is 0.462. The van der Waals surface area contributed by atoms with Crippen molar-refractivity contribution in [1.82, 2.24) is 0 Å². The number of hydrogen-bond acceptors (Lipinski definition) is 1. The molecule has 3 heteroatoms. The van der Waals surface area contributed by atoms with Crippen molar-refractivity contribution in [3.05, 3.63) is 35.9 Å². The lowest BCUT2D eigenvalue weighted by Crippen LogP contribution is -1.96.